The summed E-state index contributed by atoms with van der Waals surface area (Å²) in [6.45, 7) is 5.11. The number of alkyl halides is 3. The van der Waals surface area contributed by atoms with Crippen molar-refractivity contribution in [3.05, 3.63) is 29.3 Å². The van der Waals surface area contributed by atoms with Gasteiger partial charge in [0.05, 0.1) is 12.1 Å². The molecule has 1 aromatic carbocycles. The first-order valence-corrected chi connectivity index (χ1v) is 7.90. The van der Waals surface area contributed by atoms with E-state index in [1.807, 2.05) is 0 Å². The van der Waals surface area contributed by atoms with Crippen molar-refractivity contribution in [1.82, 2.24) is 5.32 Å². The largest absolute Gasteiger partial charge is 0.492 e. The van der Waals surface area contributed by atoms with Crippen LogP contribution in [0.1, 0.15) is 38.3 Å². The maximum atomic E-state index is 13.1. The van der Waals surface area contributed by atoms with Gasteiger partial charge in [-0.05, 0) is 44.9 Å². The highest BCUT2D eigenvalue weighted by atomic mass is 19.4. The molecule has 9 heteroatoms. The van der Waals surface area contributed by atoms with E-state index in [9.17, 15) is 22.8 Å². The van der Waals surface area contributed by atoms with Crippen LogP contribution in [-0.2, 0) is 22.1 Å². The summed E-state index contributed by atoms with van der Waals surface area (Å²) in [5.74, 6) is -1.20. The van der Waals surface area contributed by atoms with Gasteiger partial charge in [0.25, 0.3) is 0 Å². The summed E-state index contributed by atoms with van der Waals surface area (Å²) in [6, 6.07) is 3.35. The number of halogens is 3. The van der Waals surface area contributed by atoms with Crippen molar-refractivity contribution in [2.24, 2.45) is 0 Å². The fraction of sp³-hybridized carbons (Fsp3) is 0.529. The smallest absolute Gasteiger partial charge is 0.416 e. The lowest BCUT2D eigenvalue weighted by molar-refractivity contribution is -0.140. The van der Waals surface area contributed by atoms with Gasteiger partial charge in [0.2, 0.25) is 0 Å². The van der Waals surface area contributed by atoms with Crippen molar-refractivity contribution in [3.63, 3.8) is 0 Å². The molecule has 0 aliphatic rings. The van der Waals surface area contributed by atoms with Gasteiger partial charge in [-0.1, -0.05) is 6.07 Å². The molecule has 0 unspecified atom stereocenters. The van der Waals surface area contributed by atoms with Crippen molar-refractivity contribution in [2.45, 2.75) is 45.4 Å². The number of carbonyl (C=O) groups is 2. The number of carboxylic acids is 1. The molecular weight excluding hydrogens is 355 g/mol. The number of carboxylic acid groups (broad SMARTS) is 1. The SMILES string of the molecule is CC(C)(C)OC(=O)NCCOc1ccc(CCC(=O)O)c(C(F)(F)F)c1. The zero-order valence-corrected chi connectivity index (χ0v) is 14.8. The first-order chi connectivity index (χ1) is 11.9. The molecule has 6 nitrogen and oxygen atoms in total. The monoisotopic (exact) mass is 377 g/mol. The molecule has 1 rings (SSSR count). The van der Waals surface area contributed by atoms with Crippen LogP contribution in [0.3, 0.4) is 0 Å². The second kappa shape index (κ2) is 8.77. The third kappa shape index (κ3) is 8.09. The number of aryl methyl sites for hydroxylation is 1. The van der Waals surface area contributed by atoms with E-state index in [1.165, 1.54) is 12.1 Å². The standard InChI is InChI=1S/C17H22F3NO5/c1-16(2,3)26-15(24)21-8-9-25-12-6-4-11(5-7-14(22)23)13(10-12)17(18,19)20/h4,6,10H,5,7-9H2,1-3H3,(H,21,24)(H,22,23). The second-order valence-corrected chi connectivity index (χ2v) is 6.49. The van der Waals surface area contributed by atoms with E-state index in [-0.39, 0.29) is 30.9 Å². The Morgan fingerprint density at radius 3 is 2.38 bits per heavy atom. The van der Waals surface area contributed by atoms with E-state index >= 15 is 0 Å². The van der Waals surface area contributed by atoms with Gasteiger partial charge in [-0.3, -0.25) is 4.79 Å². The second-order valence-electron chi connectivity index (χ2n) is 6.49. The number of nitrogens with one attached hydrogen (secondary N) is 1. The number of amides is 1. The van der Waals surface area contributed by atoms with Crippen molar-refractivity contribution >= 4 is 12.1 Å². The van der Waals surface area contributed by atoms with Gasteiger partial charge in [0.1, 0.15) is 18.0 Å². The molecular formula is C17H22F3NO5. The minimum absolute atomic E-state index is 0.0256. The number of carbonyl (C=O) groups excluding carboxylic acids is 1. The van der Waals surface area contributed by atoms with Crippen LogP contribution >= 0.6 is 0 Å². The maximum Gasteiger partial charge on any atom is 0.416 e. The molecule has 0 bridgehead atoms. The summed E-state index contributed by atoms with van der Waals surface area (Å²) in [7, 11) is 0. The number of rotatable bonds is 7. The Morgan fingerprint density at radius 1 is 1.19 bits per heavy atom. The summed E-state index contributed by atoms with van der Waals surface area (Å²) >= 11 is 0. The molecule has 0 heterocycles. The number of ether oxygens (including phenoxy) is 2. The van der Waals surface area contributed by atoms with Gasteiger partial charge in [-0.25, -0.2) is 4.79 Å². The Hall–Kier alpha value is -2.45. The Balaban J connectivity index is 2.65. The topological polar surface area (TPSA) is 84.9 Å². The van der Waals surface area contributed by atoms with Gasteiger partial charge >= 0.3 is 18.2 Å². The molecule has 0 spiro atoms. The van der Waals surface area contributed by atoms with E-state index in [0.717, 1.165) is 6.07 Å². The Bertz CT molecular complexity index is 638. The Morgan fingerprint density at radius 2 is 1.85 bits per heavy atom. The van der Waals surface area contributed by atoms with Gasteiger partial charge in [0, 0.05) is 6.42 Å². The molecule has 0 atom stereocenters. The van der Waals surface area contributed by atoms with Gasteiger partial charge in [-0.2, -0.15) is 13.2 Å². The minimum Gasteiger partial charge on any atom is -0.492 e. The molecule has 0 saturated heterocycles. The molecule has 146 valence electrons. The average molecular weight is 377 g/mol. The quantitative estimate of drug-likeness (QED) is 0.709. The summed E-state index contributed by atoms with van der Waals surface area (Å²) in [5.41, 5.74) is -1.70. The van der Waals surface area contributed by atoms with E-state index < -0.39 is 35.8 Å². The number of hydrogen-bond donors (Lipinski definition) is 2. The number of hydrogen-bond acceptors (Lipinski definition) is 4. The molecule has 0 aliphatic heterocycles. The molecule has 0 saturated carbocycles. The molecule has 26 heavy (non-hydrogen) atoms. The van der Waals surface area contributed by atoms with Gasteiger partial charge in [0.15, 0.2) is 0 Å². The predicted octanol–water partition coefficient (Wildman–Crippen LogP) is 3.63. The molecule has 0 fully saturated rings. The number of alkyl carbamates (subject to hydrolysis) is 1. The summed E-state index contributed by atoms with van der Waals surface area (Å²) in [4.78, 5) is 22.0. The van der Waals surface area contributed by atoms with Crippen LogP contribution in [0, 0.1) is 0 Å². The zero-order valence-electron chi connectivity index (χ0n) is 14.8. The highest BCUT2D eigenvalue weighted by molar-refractivity contribution is 5.67. The van der Waals surface area contributed by atoms with Crippen LogP contribution in [0.15, 0.2) is 18.2 Å². The number of aliphatic carboxylic acids is 1. The normalized spacial score (nSPS) is 11.8. The van der Waals surface area contributed by atoms with Crippen LogP contribution in [0.2, 0.25) is 0 Å². The molecule has 0 aliphatic carbocycles. The van der Waals surface area contributed by atoms with Crippen molar-refractivity contribution in [1.29, 1.82) is 0 Å². The summed E-state index contributed by atoms with van der Waals surface area (Å²) in [6.07, 6.45) is -5.91. The van der Waals surface area contributed by atoms with E-state index in [4.69, 9.17) is 14.6 Å². The number of benzene rings is 1. The summed E-state index contributed by atoms with van der Waals surface area (Å²) in [5, 5.41) is 11.1. The highest BCUT2D eigenvalue weighted by Crippen LogP contribution is 2.35. The van der Waals surface area contributed by atoms with Crippen LogP contribution in [0.4, 0.5) is 18.0 Å². The third-order valence-corrected chi connectivity index (χ3v) is 3.03. The van der Waals surface area contributed by atoms with E-state index in [0.29, 0.717) is 0 Å². The fourth-order valence-electron chi connectivity index (χ4n) is 2.00. The zero-order chi connectivity index (χ0) is 20.0. The summed E-state index contributed by atoms with van der Waals surface area (Å²) < 4.78 is 49.6. The molecule has 1 amide bonds. The van der Waals surface area contributed by atoms with E-state index in [1.54, 1.807) is 20.8 Å². The van der Waals surface area contributed by atoms with Crippen LogP contribution in [0.25, 0.3) is 0 Å². The van der Waals surface area contributed by atoms with Crippen LogP contribution < -0.4 is 10.1 Å². The lowest BCUT2D eigenvalue weighted by atomic mass is 10.0. The van der Waals surface area contributed by atoms with Crippen molar-refractivity contribution in [3.8, 4) is 5.75 Å². The van der Waals surface area contributed by atoms with Gasteiger partial charge in [-0.15, -0.1) is 0 Å². The highest BCUT2D eigenvalue weighted by Gasteiger charge is 2.33. The van der Waals surface area contributed by atoms with Crippen LogP contribution in [-0.4, -0.2) is 35.9 Å². The maximum absolute atomic E-state index is 13.1. The Kier molecular flexibility index (Phi) is 7.29. The van der Waals surface area contributed by atoms with Gasteiger partial charge < -0.3 is 19.9 Å². The van der Waals surface area contributed by atoms with Crippen molar-refractivity contribution in [2.75, 3.05) is 13.2 Å². The first kappa shape index (κ1) is 21.6. The minimum atomic E-state index is -4.62. The Labute approximate surface area is 149 Å². The molecule has 1 aromatic rings. The fourth-order valence-corrected chi connectivity index (χ4v) is 2.00. The molecule has 0 aromatic heterocycles. The van der Waals surface area contributed by atoms with E-state index in [2.05, 4.69) is 5.32 Å². The molecule has 0 radical (unpaired) electrons. The van der Waals surface area contributed by atoms with Crippen molar-refractivity contribution < 1.29 is 37.3 Å². The lowest BCUT2D eigenvalue weighted by Crippen LogP contribution is -2.34. The lowest BCUT2D eigenvalue weighted by Gasteiger charge is -2.19. The predicted molar refractivity (Wildman–Crippen MR) is 87.1 cm³/mol. The third-order valence-electron chi connectivity index (χ3n) is 3.03. The van der Waals surface area contributed by atoms with Crippen LogP contribution in [0.5, 0.6) is 5.75 Å². The first-order valence-electron chi connectivity index (χ1n) is 7.90. The molecule has 2 N–H and O–H groups in total. The average Bonchev–Trinajstić information content (AvgIpc) is 2.47.